The molecule has 1 unspecified atom stereocenters. The first-order valence-electron chi connectivity index (χ1n) is 6.82. The molecule has 3 nitrogen and oxygen atoms in total. The first-order valence-corrected chi connectivity index (χ1v) is 6.82. The number of nitrogens with zero attached hydrogens (tertiary/aromatic N) is 1. The van der Waals surface area contributed by atoms with E-state index in [0.29, 0.717) is 6.54 Å². The maximum atomic E-state index is 10.2. The van der Waals surface area contributed by atoms with Crippen LogP contribution in [0.15, 0.2) is 48.5 Å². The molecule has 20 heavy (non-hydrogen) atoms. The Kier molecular flexibility index (Phi) is 4.64. The maximum Gasteiger partial charge on any atom is 0.0962 e. The van der Waals surface area contributed by atoms with Crippen LogP contribution in [0.1, 0.15) is 17.2 Å². The van der Waals surface area contributed by atoms with Gasteiger partial charge in [0.2, 0.25) is 0 Å². The van der Waals surface area contributed by atoms with Gasteiger partial charge in [0, 0.05) is 32.0 Å². The number of anilines is 2. The minimum atomic E-state index is -0.507. The number of aliphatic hydroxyl groups excluding tert-OH is 1. The third-order valence-electron chi connectivity index (χ3n) is 3.35. The molecule has 1 atom stereocenters. The summed E-state index contributed by atoms with van der Waals surface area (Å²) in [6.07, 6.45) is -0.507. The van der Waals surface area contributed by atoms with E-state index in [1.165, 1.54) is 5.56 Å². The third kappa shape index (κ3) is 3.75. The lowest BCUT2D eigenvalue weighted by atomic mass is 10.1. The van der Waals surface area contributed by atoms with Crippen molar-refractivity contribution >= 4 is 11.4 Å². The highest BCUT2D eigenvalue weighted by Gasteiger charge is 2.07. The van der Waals surface area contributed by atoms with Gasteiger partial charge in [0.15, 0.2) is 0 Å². The summed E-state index contributed by atoms with van der Waals surface area (Å²) in [5, 5.41) is 13.4. The van der Waals surface area contributed by atoms with Crippen molar-refractivity contribution in [1.82, 2.24) is 0 Å². The van der Waals surface area contributed by atoms with Crippen LogP contribution in [-0.4, -0.2) is 25.7 Å². The summed E-state index contributed by atoms with van der Waals surface area (Å²) in [5.41, 5.74) is 4.32. The van der Waals surface area contributed by atoms with Gasteiger partial charge >= 0.3 is 0 Å². The summed E-state index contributed by atoms with van der Waals surface area (Å²) in [5.74, 6) is 0. The number of hydrogen-bond acceptors (Lipinski definition) is 3. The van der Waals surface area contributed by atoms with Crippen molar-refractivity contribution in [1.29, 1.82) is 0 Å². The quantitative estimate of drug-likeness (QED) is 0.875. The van der Waals surface area contributed by atoms with Crippen molar-refractivity contribution in [3.63, 3.8) is 0 Å². The largest absolute Gasteiger partial charge is 0.387 e. The van der Waals surface area contributed by atoms with Gasteiger partial charge < -0.3 is 15.3 Å². The highest BCUT2D eigenvalue weighted by atomic mass is 16.3. The predicted octanol–water partition coefficient (Wildman–Crippen LogP) is 3.21. The van der Waals surface area contributed by atoms with Crippen LogP contribution < -0.4 is 10.2 Å². The van der Waals surface area contributed by atoms with Crippen LogP contribution in [0.5, 0.6) is 0 Å². The Morgan fingerprint density at radius 3 is 2.15 bits per heavy atom. The van der Waals surface area contributed by atoms with Crippen molar-refractivity contribution < 1.29 is 5.11 Å². The van der Waals surface area contributed by atoms with Crippen LogP contribution >= 0.6 is 0 Å². The standard InChI is InChI=1S/C17H22N2O/c1-13-4-8-15(9-5-13)18-12-17(20)14-6-10-16(11-7-14)19(2)3/h4-11,17-18,20H,12H2,1-3H3. The van der Waals surface area contributed by atoms with Gasteiger partial charge in [-0.3, -0.25) is 0 Å². The molecule has 0 spiro atoms. The smallest absolute Gasteiger partial charge is 0.0962 e. The van der Waals surface area contributed by atoms with Crippen LogP contribution in [0.25, 0.3) is 0 Å². The van der Waals surface area contributed by atoms with Crippen LogP contribution in [0.2, 0.25) is 0 Å². The van der Waals surface area contributed by atoms with E-state index in [1.54, 1.807) is 0 Å². The van der Waals surface area contributed by atoms with E-state index in [2.05, 4.69) is 24.4 Å². The number of hydrogen-bond donors (Lipinski definition) is 2. The van der Waals surface area contributed by atoms with Crippen LogP contribution in [0.4, 0.5) is 11.4 Å². The lowest BCUT2D eigenvalue weighted by Crippen LogP contribution is -2.13. The van der Waals surface area contributed by atoms with E-state index in [1.807, 2.05) is 55.4 Å². The third-order valence-corrected chi connectivity index (χ3v) is 3.35. The number of aliphatic hydroxyl groups is 1. The van der Waals surface area contributed by atoms with E-state index in [0.717, 1.165) is 16.9 Å². The normalized spacial score (nSPS) is 12.0. The first-order chi connectivity index (χ1) is 9.56. The average molecular weight is 270 g/mol. The molecule has 2 aromatic rings. The fraction of sp³-hybridized carbons (Fsp3) is 0.294. The summed E-state index contributed by atoms with van der Waals surface area (Å²) in [4.78, 5) is 2.04. The molecule has 2 rings (SSSR count). The van der Waals surface area contributed by atoms with Crippen molar-refractivity contribution in [2.45, 2.75) is 13.0 Å². The lowest BCUT2D eigenvalue weighted by Gasteiger charge is -2.16. The van der Waals surface area contributed by atoms with Crippen LogP contribution in [0.3, 0.4) is 0 Å². The second-order valence-corrected chi connectivity index (χ2v) is 5.25. The van der Waals surface area contributed by atoms with Crippen molar-refractivity contribution in [2.75, 3.05) is 30.9 Å². The molecule has 0 heterocycles. The zero-order valence-electron chi connectivity index (χ0n) is 12.3. The van der Waals surface area contributed by atoms with Crippen LogP contribution in [-0.2, 0) is 0 Å². The summed E-state index contributed by atoms with van der Waals surface area (Å²) >= 11 is 0. The molecule has 3 heteroatoms. The van der Waals surface area contributed by atoms with E-state index in [-0.39, 0.29) is 0 Å². The zero-order chi connectivity index (χ0) is 14.5. The van der Waals surface area contributed by atoms with Gasteiger partial charge in [0.1, 0.15) is 0 Å². The number of nitrogens with one attached hydrogen (secondary N) is 1. The van der Waals surface area contributed by atoms with E-state index in [9.17, 15) is 5.11 Å². The minimum Gasteiger partial charge on any atom is -0.387 e. The molecule has 0 bridgehead atoms. The molecule has 0 aliphatic heterocycles. The molecule has 2 aromatic carbocycles. The van der Waals surface area contributed by atoms with Gasteiger partial charge in [0.05, 0.1) is 6.10 Å². The molecule has 0 aliphatic rings. The zero-order valence-corrected chi connectivity index (χ0v) is 12.3. The molecule has 0 saturated carbocycles. The van der Waals surface area contributed by atoms with Gasteiger partial charge in [-0.1, -0.05) is 29.8 Å². The Morgan fingerprint density at radius 2 is 1.60 bits per heavy atom. The topological polar surface area (TPSA) is 35.5 Å². The summed E-state index contributed by atoms with van der Waals surface area (Å²) in [7, 11) is 4.01. The molecule has 106 valence electrons. The molecular weight excluding hydrogens is 248 g/mol. The van der Waals surface area contributed by atoms with Crippen molar-refractivity contribution in [2.24, 2.45) is 0 Å². The Balaban J connectivity index is 1.94. The molecule has 0 fully saturated rings. The highest BCUT2D eigenvalue weighted by molar-refractivity contribution is 5.47. The Bertz CT molecular complexity index is 532. The van der Waals surface area contributed by atoms with Gasteiger partial charge in [-0.05, 0) is 36.8 Å². The predicted molar refractivity (Wildman–Crippen MR) is 85.4 cm³/mol. The summed E-state index contributed by atoms with van der Waals surface area (Å²) < 4.78 is 0. The van der Waals surface area contributed by atoms with E-state index < -0.39 is 6.10 Å². The Hall–Kier alpha value is -2.00. The number of rotatable bonds is 5. The lowest BCUT2D eigenvalue weighted by molar-refractivity contribution is 0.191. The molecule has 0 radical (unpaired) electrons. The molecule has 0 amide bonds. The second-order valence-electron chi connectivity index (χ2n) is 5.25. The van der Waals surface area contributed by atoms with Gasteiger partial charge in [0.25, 0.3) is 0 Å². The molecule has 0 aromatic heterocycles. The molecule has 2 N–H and O–H groups in total. The first kappa shape index (κ1) is 14.4. The number of aryl methyl sites for hydroxylation is 1. The monoisotopic (exact) mass is 270 g/mol. The Labute approximate surface area is 120 Å². The average Bonchev–Trinajstić information content (AvgIpc) is 2.46. The van der Waals surface area contributed by atoms with Gasteiger partial charge in [-0.25, -0.2) is 0 Å². The number of benzene rings is 2. The van der Waals surface area contributed by atoms with Gasteiger partial charge in [-0.15, -0.1) is 0 Å². The molecular formula is C17H22N2O. The van der Waals surface area contributed by atoms with Gasteiger partial charge in [-0.2, -0.15) is 0 Å². The molecule has 0 aliphatic carbocycles. The SMILES string of the molecule is Cc1ccc(NCC(O)c2ccc(N(C)C)cc2)cc1. The summed E-state index contributed by atoms with van der Waals surface area (Å²) in [6, 6.07) is 16.1. The van der Waals surface area contributed by atoms with Crippen LogP contribution in [0, 0.1) is 6.92 Å². The molecule has 0 saturated heterocycles. The maximum absolute atomic E-state index is 10.2. The van der Waals surface area contributed by atoms with Crippen molar-refractivity contribution in [3.8, 4) is 0 Å². The summed E-state index contributed by atoms with van der Waals surface area (Å²) in [6.45, 7) is 2.56. The van der Waals surface area contributed by atoms with E-state index >= 15 is 0 Å². The second kappa shape index (κ2) is 6.44. The fourth-order valence-corrected chi connectivity index (χ4v) is 2.00. The fourth-order valence-electron chi connectivity index (χ4n) is 2.00. The Morgan fingerprint density at radius 1 is 1.00 bits per heavy atom. The van der Waals surface area contributed by atoms with E-state index in [4.69, 9.17) is 0 Å². The minimum absolute atomic E-state index is 0.504. The van der Waals surface area contributed by atoms with Crippen molar-refractivity contribution in [3.05, 3.63) is 59.7 Å². The highest BCUT2D eigenvalue weighted by Crippen LogP contribution is 2.18.